The van der Waals surface area contributed by atoms with Gasteiger partial charge in [0.1, 0.15) is 0 Å². The van der Waals surface area contributed by atoms with E-state index in [1.165, 1.54) is 11.1 Å². The van der Waals surface area contributed by atoms with Crippen molar-refractivity contribution in [2.24, 2.45) is 0 Å². The van der Waals surface area contributed by atoms with E-state index in [0.717, 1.165) is 10.2 Å². The van der Waals surface area contributed by atoms with E-state index in [1.54, 1.807) is 0 Å². The Bertz CT molecular complexity index is 301. The van der Waals surface area contributed by atoms with Gasteiger partial charge in [0, 0.05) is 10.2 Å². The predicted octanol–water partition coefficient (Wildman–Crippen LogP) is 5.30. The second-order valence-corrected chi connectivity index (χ2v) is 5.22. The lowest BCUT2D eigenvalue weighted by Gasteiger charge is -2.16. The Labute approximate surface area is 109 Å². The molecular weight excluding hydrogens is 262 g/mol. The minimum Gasteiger partial charge on any atom is -0.398 e. The van der Waals surface area contributed by atoms with Crippen LogP contribution >= 0.6 is 15.9 Å². The molecule has 0 atom stereocenters. The highest BCUT2D eigenvalue weighted by Crippen LogP contribution is 2.33. The first kappa shape index (κ1) is 15.5. The Balaban J connectivity index is 0.00000106. The van der Waals surface area contributed by atoms with Crippen LogP contribution in [0.1, 0.15) is 64.5 Å². The third-order valence-corrected chi connectivity index (χ3v) is 2.91. The number of benzene rings is 1. The van der Waals surface area contributed by atoms with E-state index in [4.69, 9.17) is 5.73 Å². The number of hydrogen-bond acceptors (Lipinski definition) is 1. The first-order valence-electron chi connectivity index (χ1n) is 6.02. The molecule has 16 heavy (non-hydrogen) atoms. The highest BCUT2D eigenvalue weighted by molar-refractivity contribution is 9.10. The van der Waals surface area contributed by atoms with Gasteiger partial charge in [0.2, 0.25) is 0 Å². The quantitative estimate of drug-likeness (QED) is 0.733. The Morgan fingerprint density at radius 3 is 1.50 bits per heavy atom. The van der Waals surface area contributed by atoms with E-state index in [2.05, 4.69) is 55.8 Å². The molecule has 0 aliphatic heterocycles. The average Bonchev–Trinajstić information content (AvgIpc) is 2.23. The minimum absolute atomic E-state index is 0.477. The Morgan fingerprint density at radius 2 is 1.25 bits per heavy atom. The van der Waals surface area contributed by atoms with E-state index in [9.17, 15) is 0 Å². The van der Waals surface area contributed by atoms with Crippen LogP contribution in [0.25, 0.3) is 0 Å². The number of anilines is 1. The Kier molecular flexibility index (Phi) is 6.73. The molecule has 0 unspecified atom stereocenters. The number of nitrogens with two attached hydrogens (primary N) is 1. The molecule has 0 saturated carbocycles. The number of nitrogen functional groups attached to an aromatic ring is 1. The maximum Gasteiger partial charge on any atom is 0.0385 e. The van der Waals surface area contributed by atoms with Gasteiger partial charge in [-0.3, -0.25) is 0 Å². The van der Waals surface area contributed by atoms with Crippen LogP contribution in [0.15, 0.2) is 16.6 Å². The molecule has 1 nitrogen and oxygen atoms in total. The molecule has 1 aromatic carbocycles. The van der Waals surface area contributed by atoms with E-state index >= 15 is 0 Å². The molecule has 1 aromatic rings. The summed E-state index contributed by atoms with van der Waals surface area (Å²) < 4.78 is 1.12. The van der Waals surface area contributed by atoms with Gasteiger partial charge in [-0.05, 0) is 35.1 Å². The van der Waals surface area contributed by atoms with Crippen LogP contribution < -0.4 is 5.73 Å². The largest absolute Gasteiger partial charge is 0.398 e. The molecule has 0 aliphatic carbocycles. The summed E-state index contributed by atoms with van der Waals surface area (Å²) in [5.41, 5.74) is 9.57. The summed E-state index contributed by atoms with van der Waals surface area (Å²) in [6.45, 7) is 12.7. The molecule has 92 valence electrons. The van der Waals surface area contributed by atoms with Crippen LogP contribution in [0.3, 0.4) is 0 Å². The lowest BCUT2D eigenvalue weighted by atomic mass is 9.93. The van der Waals surface area contributed by atoms with Crippen molar-refractivity contribution in [3.63, 3.8) is 0 Å². The van der Waals surface area contributed by atoms with Gasteiger partial charge in [-0.1, -0.05) is 57.5 Å². The van der Waals surface area contributed by atoms with E-state index < -0.39 is 0 Å². The third-order valence-electron chi connectivity index (χ3n) is 2.45. The van der Waals surface area contributed by atoms with Crippen molar-refractivity contribution >= 4 is 21.6 Å². The van der Waals surface area contributed by atoms with Crippen LogP contribution in [-0.2, 0) is 0 Å². The normalized spacial score (nSPS) is 10.3. The summed E-state index contributed by atoms with van der Waals surface area (Å²) in [5.74, 6) is 0.954. The summed E-state index contributed by atoms with van der Waals surface area (Å²) in [6.07, 6.45) is 0. The highest BCUT2D eigenvalue weighted by Gasteiger charge is 2.12. The predicted molar refractivity (Wildman–Crippen MR) is 78.1 cm³/mol. The highest BCUT2D eigenvalue weighted by atomic mass is 79.9. The summed E-state index contributed by atoms with van der Waals surface area (Å²) in [4.78, 5) is 0. The lowest BCUT2D eigenvalue weighted by Crippen LogP contribution is -2.03. The van der Waals surface area contributed by atoms with Crippen LogP contribution in [0.2, 0.25) is 0 Å². The fourth-order valence-corrected chi connectivity index (χ4v) is 2.11. The average molecular weight is 286 g/mol. The fraction of sp³-hybridized carbons (Fsp3) is 0.571. The molecule has 0 radical (unpaired) electrons. The SMILES string of the molecule is CC.CC(C)c1cc(Br)cc(C(C)C)c1N. The van der Waals surface area contributed by atoms with Gasteiger partial charge >= 0.3 is 0 Å². The first-order valence-corrected chi connectivity index (χ1v) is 6.81. The topological polar surface area (TPSA) is 26.0 Å². The molecule has 0 saturated heterocycles. The van der Waals surface area contributed by atoms with E-state index in [1.807, 2.05) is 13.8 Å². The van der Waals surface area contributed by atoms with Crippen molar-refractivity contribution in [3.8, 4) is 0 Å². The molecule has 0 bridgehead atoms. The summed E-state index contributed by atoms with van der Waals surface area (Å²) >= 11 is 3.53. The van der Waals surface area contributed by atoms with Crippen LogP contribution in [-0.4, -0.2) is 0 Å². The van der Waals surface area contributed by atoms with Gasteiger partial charge in [-0.25, -0.2) is 0 Å². The molecule has 0 spiro atoms. The van der Waals surface area contributed by atoms with Crippen molar-refractivity contribution in [1.29, 1.82) is 0 Å². The van der Waals surface area contributed by atoms with Crippen molar-refractivity contribution in [1.82, 2.24) is 0 Å². The van der Waals surface area contributed by atoms with Crippen molar-refractivity contribution in [2.75, 3.05) is 5.73 Å². The molecule has 1 rings (SSSR count). The lowest BCUT2D eigenvalue weighted by molar-refractivity contribution is 0.838. The molecule has 2 N–H and O–H groups in total. The summed E-state index contributed by atoms with van der Waals surface area (Å²) in [5, 5.41) is 0. The second kappa shape index (κ2) is 6.95. The molecule has 0 heterocycles. The molecule has 2 heteroatoms. The number of hydrogen-bond donors (Lipinski definition) is 1. The second-order valence-electron chi connectivity index (χ2n) is 4.31. The molecule has 0 aliphatic rings. The maximum atomic E-state index is 6.13. The minimum atomic E-state index is 0.477. The van der Waals surface area contributed by atoms with Gasteiger partial charge in [-0.2, -0.15) is 0 Å². The molecule has 0 amide bonds. The smallest absolute Gasteiger partial charge is 0.0385 e. The maximum absolute atomic E-state index is 6.13. The van der Waals surface area contributed by atoms with Crippen LogP contribution in [0.4, 0.5) is 5.69 Å². The van der Waals surface area contributed by atoms with Gasteiger partial charge in [-0.15, -0.1) is 0 Å². The van der Waals surface area contributed by atoms with E-state index in [-0.39, 0.29) is 0 Å². The van der Waals surface area contributed by atoms with Crippen molar-refractivity contribution in [2.45, 2.75) is 53.4 Å². The zero-order valence-corrected chi connectivity index (χ0v) is 12.9. The Hall–Kier alpha value is -0.500. The van der Waals surface area contributed by atoms with Crippen LogP contribution in [0, 0.1) is 0 Å². The number of halogens is 1. The van der Waals surface area contributed by atoms with Gasteiger partial charge in [0.15, 0.2) is 0 Å². The molecule has 0 aromatic heterocycles. The molecule has 0 fully saturated rings. The monoisotopic (exact) mass is 285 g/mol. The summed E-state index contributed by atoms with van der Waals surface area (Å²) in [6, 6.07) is 4.23. The standard InChI is InChI=1S/C12H18BrN.C2H6/c1-7(2)10-5-9(13)6-11(8(3)4)12(10)14;1-2/h5-8H,14H2,1-4H3;1-2H3. The van der Waals surface area contributed by atoms with Gasteiger partial charge in [0.25, 0.3) is 0 Å². The number of rotatable bonds is 2. The third kappa shape index (κ3) is 3.82. The van der Waals surface area contributed by atoms with Crippen LogP contribution in [0.5, 0.6) is 0 Å². The van der Waals surface area contributed by atoms with Gasteiger partial charge < -0.3 is 5.73 Å². The zero-order valence-electron chi connectivity index (χ0n) is 11.3. The zero-order chi connectivity index (χ0) is 12.9. The van der Waals surface area contributed by atoms with Crippen molar-refractivity contribution < 1.29 is 0 Å². The Morgan fingerprint density at radius 1 is 0.938 bits per heavy atom. The molecular formula is C14H24BrN. The first-order chi connectivity index (χ1) is 7.43. The van der Waals surface area contributed by atoms with E-state index in [0.29, 0.717) is 11.8 Å². The summed E-state index contributed by atoms with van der Waals surface area (Å²) in [7, 11) is 0. The van der Waals surface area contributed by atoms with Crippen molar-refractivity contribution in [3.05, 3.63) is 27.7 Å². The fourth-order valence-electron chi connectivity index (χ4n) is 1.62. The van der Waals surface area contributed by atoms with Gasteiger partial charge in [0.05, 0.1) is 0 Å².